The maximum absolute atomic E-state index is 12.3. The van der Waals surface area contributed by atoms with Gasteiger partial charge in [-0.2, -0.15) is 4.31 Å². The number of likely N-dealkylation sites (tertiary alicyclic amines) is 1. The van der Waals surface area contributed by atoms with E-state index in [1.54, 1.807) is 4.90 Å². The predicted octanol–water partition coefficient (Wildman–Crippen LogP) is 0.0842. The first-order chi connectivity index (χ1) is 9.84. The zero-order valence-corrected chi connectivity index (χ0v) is 13.0. The van der Waals surface area contributed by atoms with Crippen LogP contribution in [0, 0.1) is 0 Å². The molecule has 1 saturated heterocycles. The number of likely N-dealkylation sites (N-methyl/N-ethyl adjacent to an activating group) is 1. The summed E-state index contributed by atoms with van der Waals surface area (Å²) in [7, 11) is -2.78. The molecule has 0 aliphatic carbocycles. The first-order valence-corrected chi connectivity index (χ1v) is 8.57. The van der Waals surface area contributed by atoms with Crippen molar-refractivity contribution in [3.63, 3.8) is 0 Å². The molecule has 0 spiro atoms. The summed E-state index contributed by atoms with van der Waals surface area (Å²) in [4.78, 5) is 28.1. The standard InChI is InChI=1S/C11H15N3O5S2/c1-13(6-8(15)14-4-2-3-5-14)21(18,19)11-9(10(16)17)12-7-20-11/h7H,2-6H2,1H3,(H,16,17). The third-order valence-electron chi connectivity index (χ3n) is 3.20. The highest BCUT2D eigenvalue weighted by atomic mass is 32.2. The molecule has 0 bridgehead atoms. The second-order valence-electron chi connectivity index (χ2n) is 4.64. The fourth-order valence-corrected chi connectivity index (χ4v) is 4.50. The number of hydrogen-bond donors (Lipinski definition) is 1. The number of carboxylic acid groups (broad SMARTS) is 1. The van der Waals surface area contributed by atoms with E-state index in [0.29, 0.717) is 13.1 Å². The van der Waals surface area contributed by atoms with Crippen LogP contribution in [0.15, 0.2) is 9.72 Å². The minimum absolute atomic E-state index is 0.278. The van der Waals surface area contributed by atoms with Crippen LogP contribution in [-0.2, 0) is 14.8 Å². The average molecular weight is 333 g/mol. The van der Waals surface area contributed by atoms with Crippen LogP contribution in [0.3, 0.4) is 0 Å². The van der Waals surface area contributed by atoms with Crippen LogP contribution in [0.1, 0.15) is 23.3 Å². The Balaban J connectivity index is 2.16. The molecule has 0 atom stereocenters. The minimum Gasteiger partial charge on any atom is -0.476 e. The number of hydrogen-bond acceptors (Lipinski definition) is 6. The van der Waals surface area contributed by atoms with E-state index >= 15 is 0 Å². The van der Waals surface area contributed by atoms with Crippen LogP contribution in [-0.4, -0.2) is 66.3 Å². The van der Waals surface area contributed by atoms with Gasteiger partial charge in [0.15, 0.2) is 9.90 Å². The average Bonchev–Trinajstić information content (AvgIpc) is 3.09. The Kier molecular flexibility index (Phi) is 4.59. The lowest BCUT2D eigenvalue weighted by Gasteiger charge is -2.20. The van der Waals surface area contributed by atoms with Gasteiger partial charge in [-0.05, 0) is 12.8 Å². The molecule has 2 rings (SSSR count). The lowest BCUT2D eigenvalue weighted by molar-refractivity contribution is -0.130. The summed E-state index contributed by atoms with van der Waals surface area (Å²) in [5.74, 6) is -1.69. The molecule has 1 N–H and O–H groups in total. The molecule has 1 fully saturated rings. The SMILES string of the molecule is CN(CC(=O)N1CCCC1)S(=O)(=O)c1scnc1C(=O)O. The lowest BCUT2D eigenvalue weighted by Crippen LogP contribution is -2.39. The van der Waals surface area contributed by atoms with Gasteiger partial charge >= 0.3 is 5.97 Å². The van der Waals surface area contributed by atoms with Crippen molar-refractivity contribution in [2.75, 3.05) is 26.7 Å². The van der Waals surface area contributed by atoms with Gasteiger partial charge in [-0.25, -0.2) is 18.2 Å². The van der Waals surface area contributed by atoms with E-state index in [1.165, 1.54) is 7.05 Å². The molecule has 1 aromatic heterocycles. The topological polar surface area (TPSA) is 108 Å². The van der Waals surface area contributed by atoms with Crippen LogP contribution in [0.4, 0.5) is 0 Å². The maximum atomic E-state index is 12.3. The molecular formula is C11H15N3O5S2. The van der Waals surface area contributed by atoms with Crippen molar-refractivity contribution in [1.82, 2.24) is 14.2 Å². The molecule has 116 valence electrons. The number of nitrogens with zero attached hydrogens (tertiary/aromatic N) is 3. The number of thiazole rings is 1. The van der Waals surface area contributed by atoms with Gasteiger partial charge in [-0.15, -0.1) is 11.3 Å². The van der Waals surface area contributed by atoms with Crippen molar-refractivity contribution in [2.24, 2.45) is 0 Å². The second-order valence-corrected chi connectivity index (χ2v) is 7.74. The maximum Gasteiger partial charge on any atom is 0.356 e. The second kappa shape index (κ2) is 6.08. The zero-order valence-electron chi connectivity index (χ0n) is 11.4. The third-order valence-corrected chi connectivity index (χ3v) is 6.35. The van der Waals surface area contributed by atoms with E-state index < -0.39 is 21.7 Å². The van der Waals surface area contributed by atoms with E-state index in [2.05, 4.69) is 4.98 Å². The lowest BCUT2D eigenvalue weighted by atomic mass is 10.4. The number of amides is 1. The molecular weight excluding hydrogens is 318 g/mol. The first kappa shape index (κ1) is 15.9. The van der Waals surface area contributed by atoms with Gasteiger partial charge in [0.05, 0.1) is 12.1 Å². The summed E-state index contributed by atoms with van der Waals surface area (Å²) < 4.78 is 25.2. The van der Waals surface area contributed by atoms with Crippen LogP contribution >= 0.6 is 11.3 Å². The summed E-state index contributed by atoms with van der Waals surface area (Å²) in [5, 5.41) is 8.94. The van der Waals surface area contributed by atoms with Gasteiger partial charge in [0.1, 0.15) is 0 Å². The molecule has 0 aromatic carbocycles. The summed E-state index contributed by atoms with van der Waals surface area (Å²) in [6.07, 6.45) is 1.83. The molecule has 0 saturated carbocycles. The van der Waals surface area contributed by atoms with Crippen molar-refractivity contribution in [3.05, 3.63) is 11.2 Å². The highest BCUT2D eigenvalue weighted by Gasteiger charge is 2.31. The van der Waals surface area contributed by atoms with E-state index in [9.17, 15) is 18.0 Å². The Hall–Kier alpha value is -1.52. The van der Waals surface area contributed by atoms with Crippen molar-refractivity contribution in [3.8, 4) is 0 Å². The Labute approximate surface area is 126 Å². The molecule has 1 aliphatic rings. The molecule has 1 aromatic rings. The van der Waals surface area contributed by atoms with E-state index in [1.807, 2.05) is 0 Å². The van der Waals surface area contributed by atoms with Crippen LogP contribution in [0.5, 0.6) is 0 Å². The number of sulfonamides is 1. The van der Waals surface area contributed by atoms with Gasteiger partial charge in [0.2, 0.25) is 5.91 Å². The van der Waals surface area contributed by atoms with E-state index in [0.717, 1.165) is 34.0 Å². The van der Waals surface area contributed by atoms with Crippen LogP contribution < -0.4 is 0 Å². The summed E-state index contributed by atoms with van der Waals surface area (Å²) >= 11 is 0.726. The molecule has 1 aliphatic heterocycles. The number of carbonyl (C=O) groups excluding carboxylic acids is 1. The molecule has 2 heterocycles. The Morgan fingerprint density at radius 3 is 2.62 bits per heavy atom. The smallest absolute Gasteiger partial charge is 0.356 e. The highest BCUT2D eigenvalue weighted by Crippen LogP contribution is 2.23. The highest BCUT2D eigenvalue weighted by molar-refractivity contribution is 7.91. The quantitative estimate of drug-likeness (QED) is 0.818. The number of aromatic nitrogens is 1. The van der Waals surface area contributed by atoms with E-state index in [4.69, 9.17) is 5.11 Å². The Morgan fingerprint density at radius 1 is 1.43 bits per heavy atom. The summed E-state index contributed by atoms with van der Waals surface area (Å²) in [5.41, 5.74) is 0.646. The van der Waals surface area contributed by atoms with Crippen molar-refractivity contribution in [2.45, 2.75) is 17.1 Å². The number of rotatable bonds is 5. The molecule has 1 amide bonds. The van der Waals surface area contributed by atoms with E-state index in [-0.39, 0.29) is 16.7 Å². The van der Waals surface area contributed by atoms with Gasteiger partial charge < -0.3 is 10.0 Å². The molecule has 21 heavy (non-hydrogen) atoms. The number of carboxylic acids is 1. The van der Waals surface area contributed by atoms with Gasteiger partial charge in [-0.1, -0.05) is 0 Å². The van der Waals surface area contributed by atoms with Crippen molar-refractivity contribution >= 4 is 33.2 Å². The number of aromatic carboxylic acids is 1. The third kappa shape index (κ3) is 3.22. The van der Waals surface area contributed by atoms with Gasteiger partial charge in [-0.3, -0.25) is 4.79 Å². The largest absolute Gasteiger partial charge is 0.476 e. The Morgan fingerprint density at radius 2 is 2.05 bits per heavy atom. The monoisotopic (exact) mass is 333 g/mol. The molecule has 0 unspecified atom stereocenters. The zero-order chi connectivity index (χ0) is 15.6. The normalized spacial score (nSPS) is 15.6. The van der Waals surface area contributed by atoms with Crippen molar-refractivity contribution in [1.29, 1.82) is 0 Å². The summed E-state index contributed by atoms with van der Waals surface area (Å²) in [6, 6.07) is 0. The van der Waals surface area contributed by atoms with Crippen LogP contribution in [0.25, 0.3) is 0 Å². The van der Waals surface area contributed by atoms with Crippen LogP contribution in [0.2, 0.25) is 0 Å². The fourth-order valence-electron chi connectivity index (χ4n) is 2.04. The van der Waals surface area contributed by atoms with Gasteiger partial charge in [0.25, 0.3) is 10.0 Å². The van der Waals surface area contributed by atoms with Gasteiger partial charge in [0, 0.05) is 20.1 Å². The first-order valence-electron chi connectivity index (χ1n) is 6.25. The molecule has 10 heteroatoms. The molecule has 8 nitrogen and oxygen atoms in total. The number of carbonyl (C=O) groups is 2. The predicted molar refractivity (Wildman–Crippen MR) is 74.7 cm³/mol. The minimum atomic E-state index is -4.03. The molecule has 0 radical (unpaired) electrons. The fraction of sp³-hybridized carbons (Fsp3) is 0.545. The summed E-state index contributed by atoms with van der Waals surface area (Å²) in [6.45, 7) is 0.959. The van der Waals surface area contributed by atoms with Crippen molar-refractivity contribution < 1.29 is 23.1 Å². The Bertz CT molecular complexity index is 649.